The van der Waals surface area contributed by atoms with Crippen LogP contribution in [0.3, 0.4) is 0 Å². The first kappa shape index (κ1) is 12.5. The van der Waals surface area contributed by atoms with Crippen LogP contribution in [0.4, 0.5) is 0 Å². The number of nitrogens with one attached hydrogen (secondary N) is 1. The number of carbonyl (C=O) groups excluding carboxylic acids is 1. The lowest BCUT2D eigenvalue weighted by Gasteiger charge is -2.18. The van der Waals surface area contributed by atoms with Gasteiger partial charge >= 0.3 is 0 Å². The molecule has 1 aliphatic carbocycles. The van der Waals surface area contributed by atoms with E-state index in [2.05, 4.69) is 9.97 Å². The van der Waals surface area contributed by atoms with Gasteiger partial charge < -0.3 is 9.72 Å². The molecule has 1 atom stereocenters. The molecule has 2 aromatic rings. The summed E-state index contributed by atoms with van der Waals surface area (Å²) in [5, 5.41) is 0.889. The molecule has 1 fully saturated rings. The van der Waals surface area contributed by atoms with E-state index in [1.807, 2.05) is 18.2 Å². The van der Waals surface area contributed by atoms with Gasteiger partial charge in [0, 0.05) is 12.5 Å². The van der Waals surface area contributed by atoms with E-state index < -0.39 is 0 Å². The Morgan fingerprint density at radius 2 is 2.32 bits per heavy atom. The fourth-order valence-corrected chi connectivity index (χ4v) is 3.48. The zero-order chi connectivity index (χ0) is 13.2. The number of hydrogen-bond donors (Lipinski definition) is 1. The van der Waals surface area contributed by atoms with Crippen molar-refractivity contribution in [2.75, 3.05) is 7.11 Å². The van der Waals surface area contributed by atoms with Crippen molar-refractivity contribution in [3.8, 4) is 5.75 Å². The van der Waals surface area contributed by atoms with Crippen molar-refractivity contribution in [2.24, 2.45) is 0 Å². The minimum absolute atomic E-state index is 0.0659. The number of methoxy groups -OCH3 is 1. The topological polar surface area (TPSA) is 55.0 Å². The summed E-state index contributed by atoms with van der Waals surface area (Å²) in [6.45, 7) is 0. The van der Waals surface area contributed by atoms with E-state index in [4.69, 9.17) is 4.74 Å². The summed E-state index contributed by atoms with van der Waals surface area (Å²) >= 11 is 1.55. The molecule has 1 saturated carbocycles. The highest BCUT2D eigenvalue weighted by atomic mass is 32.2. The van der Waals surface area contributed by atoms with Gasteiger partial charge in [-0.25, -0.2) is 4.98 Å². The van der Waals surface area contributed by atoms with Crippen molar-refractivity contribution in [1.82, 2.24) is 9.97 Å². The Balaban J connectivity index is 1.82. The number of Topliss-reactive ketones (excluding diaryl/α,β-unsaturated/α-hetero) is 1. The maximum Gasteiger partial charge on any atom is 0.167 e. The third-order valence-corrected chi connectivity index (χ3v) is 4.62. The van der Waals surface area contributed by atoms with Gasteiger partial charge in [-0.1, -0.05) is 18.2 Å². The molecule has 4 nitrogen and oxygen atoms in total. The van der Waals surface area contributed by atoms with Gasteiger partial charge in [-0.15, -0.1) is 0 Å². The van der Waals surface area contributed by atoms with Gasteiger partial charge in [-0.05, 0) is 25.0 Å². The molecule has 5 heteroatoms. The van der Waals surface area contributed by atoms with Gasteiger partial charge in [-0.2, -0.15) is 0 Å². The molecule has 0 spiro atoms. The number of hydrogen-bond acceptors (Lipinski definition) is 4. The quantitative estimate of drug-likeness (QED) is 0.935. The summed E-state index contributed by atoms with van der Waals surface area (Å²) in [5.74, 6) is 1.16. The average Bonchev–Trinajstić information content (AvgIpc) is 2.82. The molecule has 0 radical (unpaired) electrons. The monoisotopic (exact) mass is 276 g/mol. The SMILES string of the molecule is COc1ccc2nc(SC3CCCCC3=O)[nH]c2c1. The molecule has 100 valence electrons. The van der Waals surface area contributed by atoms with Gasteiger partial charge in [0.25, 0.3) is 0 Å². The lowest BCUT2D eigenvalue weighted by molar-refractivity contribution is -0.119. The lowest BCUT2D eigenvalue weighted by Crippen LogP contribution is -2.21. The van der Waals surface area contributed by atoms with Crippen LogP contribution in [0.15, 0.2) is 23.4 Å². The van der Waals surface area contributed by atoms with E-state index >= 15 is 0 Å². The second-order valence-corrected chi connectivity index (χ2v) is 5.94. The maximum absolute atomic E-state index is 11.8. The highest BCUT2D eigenvalue weighted by Gasteiger charge is 2.24. The largest absolute Gasteiger partial charge is 0.497 e. The summed E-state index contributed by atoms with van der Waals surface area (Å²) < 4.78 is 5.19. The highest BCUT2D eigenvalue weighted by molar-refractivity contribution is 8.00. The Morgan fingerprint density at radius 3 is 3.11 bits per heavy atom. The van der Waals surface area contributed by atoms with Crippen molar-refractivity contribution in [3.05, 3.63) is 18.2 Å². The van der Waals surface area contributed by atoms with Crippen LogP contribution in [0.5, 0.6) is 5.75 Å². The zero-order valence-electron chi connectivity index (χ0n) is 10.8. The number of ketones is 1. The lowest BCUT2D eigenvalue weighted by atomic mass is 9.99. The maximum atomic E-state index is 11.8. The number of rotatable bonds is 3. The first-order chi connectivity index (χ1) is 9.26. The third kappa shape index (κ3) is 2.61. The van der Waals surface area contributed by atoms with E-state index in [-0.39, 0.29) is 5.25 Å². The Kier molecular flexibility index (Phi) is 3.46. The smallest absolute Gasteiger partial charge is 0.167 e. The molecule has 0 saturated heterocycles. The Morgan fingerprint density at radius 1 is 1.42 bits per heavy atom. The number of thioether (sulfide) groups is 1. The molecular formula is C14H16N2O2S. The van der Waals surface area contributed by atoms with Crippen LogP contribution in [-0.4, -0.2) is 28.1 Å². The minimum atomic E-state index is 0.0659. The molecule has 0 aliphatic heterocycles. The number of aromatic amines is 1. The number of ether oxygens (including phenoxy) is 1. The number of benzene rings is 1. The third-order valence-electron chi connectivity index (χ3n) is 3.42. The Hall–Kier alpha value is -1.49. The number of nitrogens with zero attached hydrogens (tertiary/aromatic N) is 1. The summed E-state index contributed by atoms with van der Waals surface area (Å²) in [6, 6.07) is 5.75. The summed E-state index contributed by atoms with van der Waals surface area (Å²) in [6.07, 6.45) is 3.85. The van der Waals surface area contributed by atoms with Gasteiger partial charge in [0.2, 0.25) is 0 Å². The van der Waals surface area contributed by atoms with Crippen molar-refractivity contribution >= 4 is 28.6 Å². The normalized spacial score (nSPS) is 19.8. The van der Waals surface area contributed by atoms with Crippen molar-refractivity contribution in [1.29, 1.82) is 0 Å². The standard InChI is InChI=1S/C14H16N2O2S/c1-18-9-6-7-10-11(8-9)16-14(15-10)19-13-5-3-2-4-12(13)17/h6-8,13H,2-5H2,1H3,(H,15,16). The number of imidazole rings is 1. The van der Waals surface area contributed by atoms with Crippen LogP contribution >= 0.6 is 11.8 Å². The number of carbonyl (C=O) groups is 1. The van der Waals surface area contributed by atoms with Crippen LogP contribution in [0, 0.1) is 0 Å². The fourth-order valence-electron chi connectivity index (χ4n) is 2.36. The average molecular weight is 276 g/mol. The number of H-pyrrole nitrogens is 1. The van der Waals surface area contributed by atoms with E-state index in [1.54, 1.807) is 18.9 Å². The molecule has 1 aromatic heterocycles. The van der Waals surface area contributed by atoms with E-state index in [0.29, 0.717) is 12.2 Å². The van der Waals surface area contributed by atoms with Crippen LogP contribution in [0.25, 0.3) is 11.0 Å². The predicted molar refractivity (Wildman–Crippen MR) is 75.8 cm³/mol. The van der Waals surface area contributed by atoms with Gasteiger partial charge in [0.1, 0.15) is 11.5 Å². The molecule has 0 bridgehead atoms. The van der Waals surface area contributed by atoms with Crippen molar-refractivity contribution in [2.45, 2.75) is 36.1 Å². The van der Waals surface area contributed by atoms with Gasteiger partial charge in [-0.3, -0.25) is 4.79 Å². The van der Waals surface area contributed by atoms with E-state index in [1.165, 1.54) is 0 Å². The van der Waals surface area contributed by atoms with Crippen LogP contribution in [0.1, 0.15) is 25.7 Å². The molecule has 1 aliphatic rings. The van der Waals surface area contributed by atoms with Crippen molar-refractivity contribution in [3.63, 3.8) is 0 Å². The summed E-state index contributed by atoms with van der Waals surface area (Å²) in [5.41, 5.74) is 1.86. The minimum Gasteiger partial charge on any atom is -0.497 e. The highest BCUT2D eigenvalue weighted by Crippen LogP contribution is 2.31. The Bertz CT molecular complexity index is 609. The molecule has 3 rings (SSSR count). The molecule has 1 aromatic carbocycles. The van der Waals surface area contributed by atoms with E-state index in [9.17, 15) is 4.79 Å². The van der Waals surface area contributed by atoms with Crippen molar-refractivity contribution < 1.29 is 9.53 Å². The fraction of sp³-hybridized carbons (Fsp3) is 0.429. The van der Waals surface area contributed by atoms with E-state index in [0.717, 1.165) is 41.2 Å². The second kappa shape index (κ2) is 5.25. The number of aromatic nitrogens is 2. The molecular weight excluding hydrogens is 260 g/mol. The van der Waals surface area contributed by atoms with Crippen LogP contribution < -0.4 is 4.74 Å². The molecule has 1 unspecified atom stereocenters. The summed E-state index contributed by atoms with van der Waals surface area (Å²) in [7, 11) is 1.65. The zero-order valence-corrected chi connectivity index (χ0v) is 11.6. The van der Waals surface area contributed by atoms with Crippen LogP contribution in [-0.2, 0) is 4.79 Å². The molecule has 1 N–H and O–H groups in total. The first-order valence-corrected chi connectivity index (χ1v) is 7.37. The van der Waals surface area contributed by atoms with Gasteiger partial charge in [0.05, 0.1) is 23.4 Å². The number of fused-ring (bicyclic) bond motifs is 1. The predicted octanol–water partition coefficient (Wildman–Crippen LogP) is 3.18. The molecule has 1 heterocycles. The van der Waals surface area contributed by atoms with Crippen LogP contribution in [0.2, 0.25) is 0 Å². The second-order valence-electron chi connectivity index (χ2n) is 4.74. The van der Waals surface area contributed by atoms with Gasteiger partial charge in [0.15, 0.2) is 5.16 Å². The Labute approximate surface area is 115 Å². The molecule has 19 heavy (non-hydrogen) atoms. The first-order valence-electron chi connectivity index (χ1n) is 6.49. The molecule has 0 amide bonds. The summed E-state index contributed by atoms with van der Waals surface area (Å²) in [4.78, 5) is 19.6.